The highest BCUT2D eigenvalue weighted by Gasteiger charge is 2.51. The van der Waals surface area contributed by atoms with Crippen LogP contribution in [0.2, 0.25) is 5.02 Å². The van der Waals surface area contributed by atoms with Gasteiger partial charge >= 0.3 is 0 Å². The number of ether oxygens (including phenoxy) is 1. The first-order chi connectivity index (χ1) is 16.0. The Kier molecular flexibility index (Phi) is 7.22. The van der Waals surface area contributed by atoms with Gasteiger partial charge in [0.25, 0.3) is 0 Å². The molecule has 1 saturated carbocycles. The molecule has 4 rings (SSSR count). The molecule has 184 valence electrons. The smallest absolute Gasteiger partial charge is 0.218 e. The molecule has 0 saturated heterocycles. The molecule has 34 heavy (non-hydrogen) atoms. The topological polar surface area (TPSA) is 83.5 Å². The number of amides is 1. The van der Waals surface area contributed by atoms with Crippen LogP contribution < -0.4 is 15.4 Å². The molecular weight excluding hydrogens is 450 g/mol. The van der Waals surface area contributed by atoms with E-state index in [4.69, 9.17) is 16.3 Å². The lowest BCUT2D eigenvalue weighted by molar-refractivity contribution is -0.120. The molecule has 0 unspecified atom stereocenters. The summed E-state index contributed by atoms with van der Waals surface area (Å²) in [5.41, 5.74) is 3.28. The fourth-order valence-electron chi connectivity index (χ4n) is 4.74. The zero-order valence-electron chi connectivity index (χ0n) is 20.5. The molecule has 0 bridgehead atoms. The molecule has 1 amide bonds. The minimum atomic E-state index is -0.758. The second kappa shape index (κ2) is 9.84. The highest BCUT2D eigenvalue weighted by Crippen LogP contribution is 2.51. The zero-order valence-corrected chi connectivity index (χ0v) is 21.3. The Bertz CT molecular complexity index is 1010. The number of carbonyl (C=O) groups excluding carboxylic acids is 1. The van der Waals surface area contributed by atoms with Crippen molar-refractivity contribution in [3.8, 4) is 5.88 Å². The Morgan fingerprint density at radius 3 is 2.59 bits per heavy atom. The van der Waals surface area contributed by atoms with Crippen LogP contribution in [0.25, 0.3) is 0 Å². The molecule has 1 aromatic carbocycles. The van der Waals surface area contributed by atoms with E-state index in [1.165, 1.54) is 12.5 Å². The molecule has 1 aliphatic heterocycles. The predicted octanol–water partition coefficient (Wildman–Crippen LogP) is 4.38. The molecule has 1 spiro atoms. The quantitative estimate of drug-likeness (QED) is 0.517. The van der Waals surface area contributed by atoms with Crippen LogP contribution in [0.15, 0.2) is 36.5 Å². The lowest BCUT2D eigenvalue weighted by Gasteiger charge is -2.34. The summed E-state index contributed by atoms with van der Waals surface area (Å²) in [4.78, 5) is 16.5. The summed E-state index contributed by atoms with van der Waals surface area (Å²) in [5.74, 6) is 0.537. The van der Waals surface area contributed by atoms with Gasteiger partial charge in [0.2, 0.25) is 11.8 Å². The van der Waals surface area contributed by atoms with Gasteiger partial charge in [-0.3, -0.25) is 4.79 Å². The molecule has 1 aromatic heterocycles. The molecule has 3 N–H and O–H groups in total. The van der Waals surface area contributed by atoms with Crippen molar-refractivity contribution < 1.29 is 14.6 Å². The number of aromatic nitrogens is 1. The van der Waals surface area contributed by atoms with Crippen molar-refractivity contribution in [2.24, 2.45) is 5.41 Å². The van der Waals surface area contributed by atoms with Gasteiger partial charge in [0.1, 0.15) is 5.60 Å². The number of halogens is 1. The van der Waals surface area contributed by atoms with Crippen molar-refractivity contribution in [2.75, 3.05) is 6.54 Å². The van der Waals surface area contributed by atoms with E-state index in [1.54, 1.807) is 0 Å². The molecule has 1 aliphatic carbocycles. The molecule has 2 heterocycles. The molecule has 7 heteroatoms. The van der Waals surface area contributed by atoms with Gasteiger partial charge in [-0.25, -0.2) is 4.98 Å². The van der Waals surface area contributed by atoms with Gasteiger partial charge in [0.05, 0.1) is 12.1 Å². The third-order valence-electron chi connectivity index (χ3n) is 6.54. The van der Waals surface area contributed by atoms with Crippen LogP contribution in [-0.2, 0) is 17.6 Å². The van der Waals surface area contributed by atoms with Gasteiger partial charge in [0.15, 0.2) is 0 Å². The van der Waals surface area contributed by atoms with E-state index in [1.807, 2.05) is 30.5 Å². The fourth-order valence-corrected chi connectivity index (χ4v) is 4.87. The number of rotatable bonds is 8. The van der Waals surface area contributed by atoms with E-state index in [0.717, 1.165) is 36.8 Å². The van der Waals surface area contributed by atoms with Crippen LogP contribution in [0.1, 0.15) is 69.7 Å². The Balaban J connectivity index is 1.48. The summed E-state index contributed by atoms with van der Waals surface area (Å²) in [7, 11) is 0. The van der Waals surface area contributed by atoms with Gasteiger partial charge in [-0.15, -0.1) is 0 Å². The number of nitrogens with one attached hydrogen (secondary N) is 2. The van der Waals surface area contributed by atoms with Crippen LogP contribution >= 0.6 is 11.6 Å². The molecule has 0 radical (unpaired) electrons. The third-order valence-corrected chi connectivity index (χ3v) is 6.79. The Morgan fingerprint density at radius 2 is 1.97 bits per heavy atom. The van der Waals surface area contributed by atoms with Gasteiger partial charge < -0.3 is 20.5 Å². The van der Waals surface area contributed by atoms with Crippen LogP contribution in [0.5, 0.6) is 5.88 Å². The van der Waals surface area contributed by atoms with Crippen LogP contribution in [-0.4, -0.2) is 40.3 Å². The maximum absolute atomic E-state index is 11.8. The number of fused-ring (bicyclic) bond motifs is 1. The number of aliphatic hydroxyl groups is 1. The largest absolute Gasteiger partial charge is 0.471 e. The average molecular weight is 486 g/mol. The monoisotopic (exact) mass is 485 g/mol. The normalized spacial score (nSPS) is 20.2. The number of hydrogen-bond acceptors (Lipinski definition) is 5. The van der Waals surface area contributed by atoms with Crippen LogP contribution in [0.3, 0.4) is 0 Å². The minimum absolute atomic E-state index is 0.0434. The van der Waals surface area contributed by atoms with Crippen molar-refractivity contribution in [1.29, 1.82) is 0 Å². The first-order valence-corrected chi connectivity index (χ1v) is 12.5. The van der Waals surface area contributed by atoms with Crippen molar-refractivity contribution in [3.63, 3.8) is 0 Å². The SMILES string of the molecule is CC(=O)N[C@@H](Cc1ccc(Cl)cc1)[C@@H](O)CN[C@H]1CC2(CC2)Oc2ncc(CC(C)(C)C)cc21. The zero-order chi connectivity index (χ0) is 24.5. The van der Waals surface area contributed by atoms with Crippen molar-refractivity contribution in [2.45, 2.75) is 83.6 Å². The van der Waals surface area contributed by atoms with E-state index in [0.29, 0.717) is 23.9 Å². The van der Waals surface area contributed by atoms with E-state index < -0.39 is 12.1 Å². The van der Waals surface area contributed by atoms with Crippen LogP contribution in [0.4, 0.5) is 0 Å². The van der Waals surface area contributed by atoms with Crippen molar-refractivity contribution >= 4 is 17.5 Å². The lowest BCUT2D eigenvalue weighted by atomic mass is 9.87. The number of aliphatic hydroxyl groups excluding tert-OH is 1. The summed E-state index contributed by atoms with van der Waals surface area (Å²) in [6, 6.07) is 9.32. The first kappa shape index (κ1) is 25.0. The fraction of sp³-hybridized carbons (Fsp3) is 0.556. The molecule has 2 aromatic rings. The average Bonchev–Trinajstić information content (AvgIpc) is 3.50. The molecule has 2 aliphatic rings. The molecule has 6 nitrogen and oxygen atoms in total. The van der Waals surface area contributed by atoms with Gasteiger partial charge in [-0.1, -0.05) is 44.5 Å². The summed E-state index contributed by atoms with van der Waals surface area (Å²) in [6.07, 6.45) is 5.54. The predicted molar refractivity (Wildman–Crippen MR) is 134 cm³/mol. The number of benzene rings is 1. The Labute approximate surface area is 207 Å². The van der Waals surface area contributed by atoms with E-state index in [2.05, 4.69) is 42.5 Å². The molecule has 1 fully saturated rings. The number of hydrogen-bond donors (Lipinski definition) is 3. The number of pyridine rings is 1. The van der Waals surface area contributed by atoms with Gasteiger partial charge in [-0.05, 0) is 60.4 Å². The molecule has 3 atom stereocenters. The highest BCUT2D eigenvalue weighted by atomic mass is 35.5. The standard InChI is InChI=1S/C27H36ClN3O3/c1-17(32)31-22(12-18-5-7-20(28)8-6-18)24(33)16-29-23-14-27(9-10-27)34-25-21(23)11-19(15-30-25)13-26(2,3)4/h5-8,11,15,22-24,29,33H,9-10,12-14,16H2,1-4H3,(H,31,32)/t22-,23-,24-/m0/s1. The number of nitrogens with zero attached hydrogens (tertiary/aromatic N) is 1. The second-order valence-corrected chi connectivity index (χ2v) is 11.6. The Hall–Kier alpha value is -2.15. The van der Waals surface area contributed by atoms with Crippen molar-refractivity contribution in [3.05, 3.63) is 58.2 Å². The minimum Gasteiger partial charge on any atom is -0.471 e. The van der Waals surface area contributed by atoms with Crippen molar-refractivity contribution in [1.82, 2.24) is 15.6 Å². The van der Waals surface area contributed by atoms with E-state index in [9.17, 15) is 9.90 Å². The highest BCUT2D eigenvalue weighted by molar-refractivity contribution is 6.30. The summed E-state index contributed by atoms with van der Waals surface area (Å²) < 4.78 is 6.26. The van der Waals surface area contributed by atoms with Crippen LogP contribution in [0, 0.1) is 5.41 Å². The third kappa shape index (κ3) is 6.49. The second-order valence-electron chi connectivity index (χ2n) is 11.1. The number of carbonyl (C=O) groups is 1. The Morgan fingerprint density at radius 1 is 1.26 bits per heavy atom. The summed E-state index contributed by atoms with van der Waals surface area (Å²) >= 11 is 6.00. The van der Waals surface area contributed by atoms with E-state index in [-0.39, 0.29) is 23.0 Å². The summed E-state index contributed by atoms with van der Waals surface area (Å²) in [5, 5.41) is 18.2. The maximum atomic E-state index is 11.8. The summed E-state index contributed by atoms with van der Waals surface area (Å²) in [6.45, 7) is 8.48. The van der Waals surface area contributed by atoms with Gasteiger partial charge in [-0.2, -0.15) is 0 Å². The maximum Gasteiger partial charge on any atom is 0.218 e. The van der Waals surface area contributed by atoms with E-state index >= 15 is 0 Å². The van der Waals surface area contributed by atoms with Gasteiger partial charge in [0, 0.05) is 42.7 Å². The lowest BCUT2D eigenvalue weighted by Crippen LogP contribution is -2.49. The molecular formula is C27H36ClN3O3. The first-order valence-electron chi connectivity index (χ1n) is 12.1.